The number of aliphatic hydroxyl groups excluding tert-OH is 1. The molecular weight excluding hydrogens is 2260 g/mol. The number of rotatable bonds is 14. The molecule has 0 amide bonds. The van der Waals surface area contributed by atoms with Crippen molar-refractivity contribution in [2.75, 3.05) is 11.9 Å². The minimum absolute atomic E-state index is 0. The zero-order chi connectivity index (χ0) is 94.5. The molecule has 14 nitrogen and oxygen atoms in total. The topological polar surface area (TPSA) is 149 Å². The fourth-order valence-electron chi connectivity index (χ4n) is 17.8. The number of para-hydroxylation sites is 4. The van der Waals surface area contributed by atoms with E-state index in [0.717, 1.165) is 109 Å². The van der Waals surface area contributed by atoms with Gasteiger partial charge in [-0.15, -0.1) is 94.3 Å². The number of aliphatic imine (C=N–C) groups is 1. The predicted molar refractivity (Wildman–Crippen MR) is 553 cm³/mol. The number of aliphatic hydroxyl groups is 1. The van der Waals surface area contributed by atoms with Crippen molar-refractivity contribution in [3.8, 4) is 61.8 Å². The number of hydrogen-bond acceptors (Lipinski definition) is 10. The number of fused-ring (bicyclic) bond motifs is 12. The first-order chi connectivity index (χ1) is 66.2. The molecule has 0 saturated heterocycles. The molecule has 0 aliphatic carbocycles. The molecule has 0 fully saturated rings. The van der Waals surface area contributed by atoms with Crippen molar-refractivity contribution >= 4 is 105 Å². The zero-order valence-corrected chi connectivity index (χ0v) is 86.1. The number of furan rings is 1. The molecule has 3 radical (unpaired) electrons. The maximum absolute atomic E-state index is 13.8. The standard InChI is InChI=1S/C27H18N.C21H23N2.C18H16N3.C17H14N2O.C17H17N2.C15H8F2N.C5H8O2.3Ir/c1-4-10-20(11-5-1)23-16-17-26-25(18-23)24(21-12-6-2-7-13-21)19-27(28-26)22-14-8-3-9-15-22;1-15(2)18-11-8-12-19(16(3)4)20(18)23-14-13-22-21(23)17-9-6-5-7-10-17;1-11(2)21-19-17-15-8-4-3-7-13(15)14-9-5-6-12-10-20(21)18(17)16(12)14;1-18-8-9-19-15(18)10-11-6-7-13-12-4-2-3-5-14(12)20-17(13)16(11)19;1-14(18-16-9-5-3-6-10-16)13-15(2)19-17-11-7-4-8-12-17;16-11-5-6-13(14(17)9-11)15-12-4-2-1-3-10(12)7-8-18-15;1-4(6)3-5(2)7;;;/h1-14,16-19H;5-9,11-16H,1-4H3;3-9,11H,10H2,1-2H3;2-9,15H,10H2,1H3;3-13H,1-2H3;1-5,7-9H;3,6H,1-2H3;;;/q2*-1;+1;;2*-1;;;;. The second kappa shape index (κ2) is 46.2. The molecular formula is C120H104F2Ir3N11O3-3. The maximum Gasteiger partial charge on any atom is 0.257 e. The number of hydrogen-bond donors (Lipinski definition) is 1. The Bertz CT molecular complexity index is 7790. The van der Waals surface area contributed by atoms with Crippen molar-refractivity contribution in [3.63, 3.8) is 0 Å². The molecule has 0 spiro atoms. The van der Waals surface area contributed by atoms with E-state index in [1.165, 1.54) is 114 Å². The molecule has 0 bridgehead atoms. The van der Waals surface area contributed by atoms with Crippen LogP contribution in [0.5, 0.6) is 0 Å². The summed E-state index contributed by atoms with van der Waals surface area (Å²) in [6.07, 6.45) is 14.4. The zero-order valence-electron chi connectivity index (χ0n) is 79.0. The van der Waals surface area contributed by atoms with Crippen molar-refractivity contribution in [2.24, 2.45) is 4.99 Å². The summed E-state index contributed by atoms with van der Waals surface area (Å²) in [4.78, 5) is 35.0. The van der Waals surface area contributed by atoms with Crippen molar-refractivity contribution in [1.82, 2.24) is 34.3 Å². The Balaban J connectivity index is 0.000000131. The van der Waals surface area contributed by atoms with E-state index in [9.17, 15) is 13.6 Å². The van der Waals surface area contributed by atoms with Gasteiger partial charge in [-0.25, -0.2) is 0 Å². The number of likely N-dealkylation sites (N-methyl/N-ethyl adjacent to an activating group) is 1. The molecule has 19 heteroatoms. The summed E-state index contributed by atoms with van der Waals surface area (Å²) < 4.78 is 37.3. The maximum atomic E-state index is 13.8. The minimum atomic E-state index is -0.654. The van der Waals surface area contributed by atoms with E-state index >= 15 is 0 Å². The number of anilines is 1. The Morgan fingerprint density at radius 2 is 1.17 bits per heavy atom. The first kappa shape index (κ1) is 101. The van der Waals surface area contributed by atoms with Crippen LogP contribution in [-0.2, 0) is 78.1 Å². The Hall–Kier alpha value is -14.4. The third kappa shape index (κ3) is 22.9. The van der Waals surface area contributed by atoms with Crippen molar-refractivity contribution in [1.29, 1.82) is 0 Å². The Morgan fingerprint density at radius 3 is 1.83 bits per heavy atom. The number of nitrogens with zero attached hydrogens (tertiary/aromatic N) is 11. The molecule has 701 valence electrons. The molecule has 5 aromatic heterocycles. The summed E-state index contributed by atoms with van der Waals surface area (Å²) in [6.45, 7) is 21.1. The fraction of sp³-hybridized carbons (Fsp3) is 0.142. The van der Waals surface area contributed by atoms with Gasteiger partial charge < -0.3 is 34.2 Å². The number of carbonyl (C=O) groups is 1. The largest absolute Gasteiger partial charge is 0.661 e. The first-order valence-corrected chi connectivity index (χ1v) is 45.8. The summed E-state index contributed by atoms with van der Waals surface area (Å²) in [5.41, 5.74) is 25.7. The third-order valence-electron chi connectivity index (χ3n) is 24.0. The van der Waals surface area contributed by atoms with Gasteiger partial charge in [-0.1, -0.05) is 283 Å². The predicted octanol–water partition coefficient (Wildman–Crippen LogP) is 30.3. The average Bonchev–Trinajstić information content (AvgIpc) is 1.55. The van der Waals surface area contributed by atoms with E-state index in [2.05, 4.69) is 299 Å². The molecule has 8 heterocycles. The Labute approximate surface area is 851 Å². The number of aromatic nitrogens is 7. The van der Waals surface area contributed by atoms with Gasteiger partial charge >= 0.3 is 0 Å². The average molecular weight is 2360 g/mol. The number of carbonyl (C=O) groups excluding carboxylic acids is 1. The van der Waals surface area contributed by atoms with E-state index < -0.39 is 11.6 Å². The minimum Gasteiger partial charge on any atom is -0.661 e. The van der Waals surface area contributed by atoms with Crippen LogP contribution in [0.25, 0.3) is 143 Å². The Kier molecular flexibility index (Phi) is 33.4. The van der Waals surface area contributed by atoms with E-state index in [0.29, 0.717) is 29.7 Å². The number of pyridine rings is 2. The van der Waals surface area contributed by atoms with Crippen LogP contribution in [0, 0.1) is 29.8 Å². The number of benzene rings is 15. The molecule has 1 unspecified atom stereocenters. The molecule has 23 rings (SSSR count). The van der Waals surface area contributed by atoms with Crippen LogP contribution < -0.4 is 9.58 Å². The van der Waals surface area contributed by atoms with Crippen molar-refractivity contribution < 1.29 is 88.1 Å². The van der Waals surface area contributed by atoms with Crippen LogP contribution in [0.3, 0.4) is 0 Å². The van der Waals surface area contributed by atoms with Crippen LogP contribution in [0.15, 0.2) is 398 Å². The van der Waals surface area contributed by atoms with E-state index in [4.69, 9.17) is 19.6 Å². The smallest absolute Gasteiger partial charge is 0.257 e. The molecule has 3 aliphatic rings. The van der Waals surface area contributed by atoms with E-state index in [1.807, 2.05) is 178 Å². The number of imidazole rings is 1. The molecule has 3 aliphatic heterocycles. The number of halogens is 2. The van der Waals surface area contributed by atoms with Gasteiger partial charge in [0.15, 0.2) is 11.4 Å². The molecule has 15 aromatic carbocycles. The molecule has 20 aromatic rings. The van der Waals surface area contributed by atoms with E-state index in [-0.39, 0.29) is 77.4 Å². The van der Waals surface area contributed by atoms with Crippen molar-refractivity contribution in [3.05, 3.63) is 446 Å². The quantitative estimate of drug-likeness (QED) is 0.0280. The first-order valence-electron chi connectivity index (χ1n) is 45.8. The van der Waals surface area contributed by atoms with Gasteiger partial charge in [0.1, 0.15) is 24.3 Å². The van der Waals surface area contributed by atoms with Crippen molar-refractivity contribution in [2.45, 2.75) is 106 Å². The molecule has 1 N–H and O–H groups in total. The fourth-order valence-corrected chi connectivity index (χ4v) is 17.8. The summed E-state index contributed by atoms with van der Waals surface area (Å²) in [5.74, 6) is 0.501. The Morgan fingerprint density at radius 1 is 0.554 bits per heavy atom. The molecule has 1 atom stereocenters. The SMILES string of the molecule is CC(=CC(C)=Nc1ccccc1)[N-]c1ccccc1.CC(=O)C=C(C)O.CC(C)c1cccc(C(C)C)c1-n1ccnc1-c1[c-]cccc1.CC(C)n1nc2c3ccccc3c3cccc4c3c2[n+]1C4.CN1C=CN2c3c(ccc4c3oc3ccccc34)CC12.Fc1c[c-]c(-c2nccc3ccccc23)c(F)c1.[Ir].[Ir].[Ir].[c-]1ccccc1-c1cc(-c2ccccc2)c2cc(-c3ccccc3)ccc2n1. The summed E-state index contributed by atoms with van der Waals surface area (Å²) in [5, 5.41) is 28.5. The number of ketones is 1. The van der Waals surface area contributed by atoms with Gasteiger partial charge in [-0.05, 0) is 166 Å². The number of allylic oxidation sites excluding steroid dienone is 4. The second-order valence-electron chi connectivity index (χ2n) is 34.7. The normalized spacial score (nSPS) is 12.7. The van der Waals surface area contributed by atoms with Crippen LogP contribution in [0.4, 0.5) is 25.8 Å². The summed E-state index contributed by atoms with van der Waals surface area (Å²) >= 11 is 0. The van der Waals surface area contributed by atoms with Crippen LogP contribution in [-0.4, -0.2) is 64.1 Å². The summed E-state index contributed by atoms with van der Waals surface area (Å²) in [7, 11) is 2.13. The van der Waals surface area contributed by atoms with Gasteiger partial charge in [0.05, 0.1) is 28.5 Å². The van der Waals surface area contributed by atoms with Gasteiger partial charge in [-0.2, -0.15) is 5.70 Å². The monoisotopic (exact) mass is 2360 g/mol. The van der Waals surface area contributed by atoms with Gasteiger partial charge in [0, 0.05) is 171 Å². The van der Waals surface area contributed by atoms with Crippen LogP contribution in [0.1, 0.15) is 109 Å². The molecule has 139 heavy (non-hydrogen) atoms. The van der Waals surface area contributed by atoms with Crippen LogP contribution >= 0.6 is 0 Å². The van der Waals surface area contributed by atoms with Gasteiger partial charge in [0.25, 0.3) is 5.52 Å². The summed E-state index contributed by atoms with van der Waals surface area (Å²) in [6, 6.07) is 121. The second-order valence-corrected chi connectivity index (χ2v) is 34.7. The van der Waals surface area contributed by atoms with Crippen LogP contribution in [0.2, 0.25) is 0 Å². The third-order valence-corrected chi connectivity index (χ3v) is 24.0. The van der Waals surface area contributed by atoms with Gasteiger partial charge in [-0.3, -0.25) is 28.5 Å². The molecule has 0 saturated carbocycles. The van der Waals surface area contributed by atoms with E-state index in [1.54, 1.807) is 6.20 Å². The van der Waals surface area contributed by atoms with Gasteiger partial charge in [0.2, 0.25) is 5.52 Å².